The predicted molar refractivity (Wildman–Crippen MR) is 42.3 cm³/mol. The Morgan fingerprint density at radius 1 is 1.25 bits per heavy atom. The summed E-state index contributed by atoms with van der Waals surface area (Å²) < 4.78 is 25.0. The van der Waals surface area contributed by atoms with Crippen molar-refractivity contribution in [2.24, 2.45) is 11.5 Å². The predicted octanol–water partition coefficient (Wildman–Crippen LogP) is 0.923. The van der Waals surface area contributed by atoms with Crippen LogP contribution < -0.4 is 11.5 Å². The van der Waals surface area contributed by atoms with E-state index in [0.29, 0.717) is 5.56 Å². The summed E-state index contributed by atoms with van der Waals surface area (Å²) >= 11 is 0. The molecule has 0 amide bonds. The Hall–Kier alpha value is -1.00. The Labute approximate surface area is 69.2 Å². The minimum absolute atomic E-state index is 0.213. The van der Waals surface area contributed by atoms with Gasteiger partial charge in [-0.25, -0.2) is 8.78 Å². The lowest BCUT2D eigenvalue weighted by molar-refractivity contribution is 0.505. The molecule has 4 N–H and O–H groups in total. The van der Waals surface area contributed by atoms with Gasteiger partial charge in [0, 0.05) is 12.6 Å². The number of halogens is 2. The molecule has 0 heterocycles. The fourth-order valence-electron chi connectivity index (χ4n) is 0.879. The molecule has 0 saturated carbocycles. The van der Waals surface area contributed by atoms with E-state index in [2.05, 4.69) is 0 Å². The average Bonchev–Trinajstić information content (AvgIpc) is 2.08. The lowest BCUT2D eigenvalue weighted by atomic mass is 10.1. The van der Waals surface area contributed by atoms with Crippen LogP contribution in [0, 0.1) is 11.6 Å². The van der Waals surface area contributed by atoms with Crippen LogP contribution in [-0.4, -0.2) is 6.54 Å². The van der Waals surface area contributed by atoms with Crippen molar-refractivity contribution < 1.29 is 8.78 Å². The molecule has 0 saturated heterocycles. The average molecular weight is 172 g/mol. The lowest BCUT2D eigenvalue weighted by Crippen LogP contribution is -2.20. The second-order valence-corrected chi connectivity index (χ2v) is 2.52. The van der Waals surface area contributed by atoms with Gasteiger partial charge in [0.1, 0.15) is 0 Å². The van der Waals surface area contributed by atoms with Crippen LogP contribution >= 0.6 is 0 Å². The third-order valence-corrected chi connectivity index (χ3v) is 1.63. The summed E-state index contributed by atoms with van der Waals surface area (Å²) in [5.41, 5.74) is 11.3. The highest BCUT2D eigenvalue weighted by molar-refractivity contribution is 5.21. The molecule has 0 spiro atoms. The van der Waals surface area contributed by atoms with E-state index >= 15 is 0 Å². The number of benzene rings is 1. The van der Waals surface area contributed by atoms with Crippen molar-refractivity contribution in [1.82, 2.24) is 0 Å². The van der Waals surface area contributed by atoms with Crippen LogP contribution in [0.4, 0.5) is 8.78 Å². The Morgan fingerprint density at radius 2 is 1.92 bits per heavy atom. The fourth-order valence-corrected chi connectivity index (χ4v) is 0.879. The maximum atomic E-state index is 12.6. The van der Waals surface area contributed by atoms with Crippen molar-refractivity contribution in [2.75, 3.05) is 6.54 Å². The van der Waals surface area contributed by atoms with Crippen LogP contribution in [0.15, 0.2) is 18.2 Å². The van der Waals surface area contributed by atoms with Gasteiger partial charge in [0.05, 0.1) is 0 Å². The number of rotatable bonds is 2. The molecule has 0 aliphatic carbocycles. The molecule has 1 aromatic carbocycles. The zero-order chi connectivity index (χ0) is 9.14. The molecule has 12 heavy (non-hydrogen) atoms. The quantitative estimate of drug-likeness (QED) is 0.697. The molecule has 0 bridgehead atoms. The molecule has 66 valence electrons. The molecule has 2 nitrogen and oxygen atoms in total. The van der Waals surface area contributed by atoms with Gasteiger partial charge >= 0.3 is 0 Å². The van der Waals surface area contributed by atoms with E-state index in [9.17, 15) is 8.78 Å². The second kappa shape index (κ2) is 3.60. The van der Waals surface area contributed by atoms with Crippen molar-refractivity contribution >= 4 is 0 Å². The van der Waals surface area contributed by atoms with Gasteiger partial charge in [-0.2, -0.15) is 0 Å². The molecule has 0 aromatic heterocycles. The first-order valence-corrected chi connectivity index (χ1v) is 3.55. The van der Waals surface area contributed by atoms with Crippen molar-refractivity contribution in [3.63, 3.8) is 0 Å². The van der Waals surface area contributed by atoms with Crippen molar-refractivity contribution in [1.29, 1.82) is 0 Å². The van der Waals surface area contributed by atoms with E-state index in [1.54, 1.807) is 0 Å². The normalized spacial score (nSPS) is 13.0. The summed E-state index contributed by atoms with van der Waals surface area (Å²) in [7, 11) is 0. The highest BCUT2D eigenvalue weighted by Crippen LogP contribution is 2.13. The standard InChI is InChI=1S/C8H10F2N2/c9-6-2-1-5(3-7(6)10)8(12)4-11/h1-3,8H,4,11-12H2/t8-/m1/s1. The van der Waals surface area contributed by atoms with Crippen LogP contribution in [-0.2, 0) is 0 Å². The summed E-state index contributed by atoms with van der Waals surface area (Å²) in [5, 5.41) is 0. The molecule has 1 atom stereocenters. The highest BCUT2D eigenvalue weighted by atomic mass is 19.2. The van der Waals surface area contributed by atoms with Gasteiger partial charge in [-0.05, 0) is 17.7 Å². The third-order valence-electron chi connectivity index (χ3n) is 1.63. The minimum Gasteiger partial charge on any atom is -0.329 e. The topological polar surface area (TPSA) is 52.0 Å². The Bertz CT molecular complexity index is 276. The third kappa shape index (κ3) is 1.78. The highest BCUT2D eigenvalue weighted by Gasteiger charge is 2.07. The van der Waals surface area contributed by atoms with Gasteiger partial charge in [-0.1, -0.05) is 6.07 Å². The van der Waals surface area contributed by atoms with Crippen LogP contribution in [0.1, 0.15) is 11.6 Å². The van der Waals surface area contributed by atoms with E-state index in [1.807, 2.05) is 0 Å². The first-order chi connectivity index (χ1) is 5.65. The summed E-state index contributed by atoms with van der Waals surface area (Å²) in [6, 6.07) is 3.10. The summed E-state index contributed by atoms with van der Waals surface area (Å²) in [4.78, 5) is 0. The fraction of sp³-hybridized carbons (Fsp3) is 0.250. The van der Waals surface area contributed by atoms with E-state index in [1.165, 1.54) is 6.07 Å². The first kappa shape index (κ1) is 9.09. The van der Waals surface area contributed by atoms with Gasteiger partial charge in [-0.3, -0.25) is 0 Å². The van der Waals surface area contributed by atoms with Crippen molar-refractivity contribution in [3.05, 3.63) is 35.4 Å². The molecule has 4 heteroatoms. The number of hydrogen-bond donors (Lipinski definition) is 2. The Balaban J connectivity index is 2.96. The molecular formula is C8H10F2N2. The Kier molecular flexibility index (Phi) is 2.73. The SMILES string of the molecule is NC[C@@H](N)c1ccc(F)c(F)c1. The van der Waals surface area contributed by atoms with Gasteiger partial charge in [-0.15, -0.1) is 0 Å². The molecule has 0 fully saturated rings. The van der Waals surface area contributed by atoms with E-state index in [4.69, 9.17) is 11.5 Å². The van der Waals surface area contributed by atoms with Crippen molar-refractivity contribution in [2.45, 2.75) is 6.04 Å². The van der Waals surface area contributed by atoms with E-state index < -0.39 is 17.7 Å². The summed E-state index contributed by atoms with van der Waals surface area (Å²) in [5.74, 6) is -1.76. The van der Waals surface area contributed by atoms with Gasteiger partial charge in [0.25, 0.3) is 0 Å². The van der Waals surface area contributed by atoms with Crippen molar-refractivity contribution in [3.8, 4) is 0 Å². The molecule has 0 radical (unpaired) electrons. The number of nitrogens with two attached hydrogens (primary N) is 2. The summed E-state index contributed by atoms with van der Waals surface area (Å²) in [6.45, 7) is 0.213. The van der Waals surface area contributed by atoms with E-state index in [0.717, 1.165) is 12.1 Å². The minimum atomic E-state index is -0.892. The van der Waals surface area contributed by atoms with Gasteiger partial charge in [0.2, 0.25) is 0 Å². The van der Waals surface area contributed by atoms with Crippen LogP contribution in [0.5, 0.6) is 0 Å². The zero-order valence-corrected chi connectivity index (χ0v) is 6.43. The van der Waals surface area contributed by atoms with Crippen LogP contribution in [0.2, 0.25) is 0 Å². The molecule has 0 aliphatic rings. The van der Waals surface area contributed by atoms with Gasteiger partial charge in [0.15, 0.2) is 11.6 Å². The summed E-state index contributed by atoms with van der Waals surface area (Å²) in [6.07, 6.45) is 0. The lowest BCUT2D eigenvalue weighted by Gasteiger charge is -2.08. The largest absolute Gasteiger partial charge is 0.329 e. The molecule has 1 aromatic rings. The zero-order valence-electron chi connectivity index (χ0n) is 6.43. The van der Waals surface area contributed by atoms with E-state index in [-0.39, 0.29) is 6.54 Å². The molecule has 1 rings (SSSR count). The molecule has 0 unspecified atom stereocenters. The monoisotopic (exact) mass is 172 g/mol. The van der Waals surface area contributed by atoms with Crippen LogP contribution in [0.3, 0.4) is 0 Å². The maximum absolute atomic E-state index is 12.6. The molecular weight excluding hydrogens is 162 g/mol. The van der Waals surface area contributed by atoms with Crippen LogP contribution in [0.25, 0.3) is 0 Å². The smallest absolute Gasteiger partial charge is 0.159 e. The second-order valence-electron chi connectivity index (χ2n) is 2.52. The molecule has 0 aliphatic heterocycles. The first-order valence-electron chi connectivity index (χ1n) is 3.55. The Morgan fingerprint density at radius 3 is 2.42 bits per heavy atom. The van der Waals surface area contributed by atoms with Gasteiger partial charge < -0.3 is 11.5 Å². The maximum Gasteiger partial charge on any atom is 0.159 e. The number of hydrogen-bond acceptors (Lipinski definition) is 2.